The summed E-state index contributed by atoms with van der Waals surface area (Å²) in [5, 5.41) is 7.37. The van der Waals surface area contributed by atoms with E-state index >= 15 is 0 Å². The molecule has 2 aromatic heterocycles. The van der Waals surface area contributed by atoms with Gasteiger partial charge in [0.05, 0.1) is 11.9 Å². The summed E-state index contributed by atoms with van der Waals surface area (Å²) in [6.45, 7) is 7.74. The van der Waals surface area contributed by atoms with Crippen molar-refractivity contribution in [2.75, 3.05) is 26.2 Å². The maximum Gasteiger partial charge on any atom is 0.256 e. The number of hydrogen-bond acceptors (Lipinski definition) is 3. The quantitative estimate of drug-likeness (QED) is 0.568. The molecule has 0 saturated heterocycles. The minimum atomic E-state index is -0.352. The van der Waals surface area contributed by atoms with Crippen molar-refractivity contribution in [3.05, 3.63) is 66.4 Å². The lowest BCUT2D eigenvalue weighted by molar-refractivity contribution is 0.0948. The second kappa shape index (κ2) is 10.0. The lowest BCUT2D eigenvalue weighted by atomic mass is 10.2. The van der Waals surface area contributed by atoms with Gasteiger partial charge in [-0.2, -0.15) is 5.10 Å². The maximum absolute atomic E-state index is 13.7. The molecule has 2 heterocycles. The molecular weight excluding hydrogens is 369 g/mol. The molecule has 7 heteroatoms. The molecule has 0 spiro atoms. The first kappa shape index (κ1) is 20.8. The molecule has 0 aliphatic rings. The van der Waals surface area contributed by atoms with Crippen LogP contribution in [0.2, 0.25) is 0 Å². The SMILES string of the molecule is CCCN(CCC)CCNC(=O)c1cnn(-c2cccc(F)c2)c1-n1cccc1. The summed E-state index contributed by atoms with van der Waals surface area (Å²) in [5.74, 6) is 0.0377. The van der Waals surface area contributed by atoms with Gasteiger partial charge < -0.3 is 14.8 Å². The summed E-state index contributed by atoms with van der Waals surface area (Å²) in [5.41, 5.74) is 1.01. The van der Waals surface area contributed by atoms with E-state index in [0.29, 0.717) is 23.6 Å². The van der Waals surface area contributed by atoms with Gasteiger partial charge in [0.25, 0.3) is 5.91 Å². The van der Waals surface area contributed by atoms with Crippen molar-refractivity contribution in [2.24, 2.45) is 0 Å². The van der Waals surface area contributed by atoms with Gasteiger partial charge in [0.1, 0.15) is 11.4 Å². The summed E-state index contributed by atoms with van der Waals surface area (Å²) in [6, 6.07) is 9.92. The highest BCUT2D eigenvalue weighted by atomic mass is 19.1. The zero-order valence-corrected chi connectivity index (χ0v) is 17.0. The average molecular weight is 397 g/mol. The highest BCUT2D eigenvalue weighted by Crippen LogP contribution is 2.20. The van der Waals surface area contributed by atoms with E-state index in [2.05, 4.69) is 29.2 Å². The predicted octanol–water partition coefficient (Wildman–Crippen LogP) is 3.65. The Balaban J connectivity index is 1.81. The zero-order valence-electron chi connectivity index (χ0n) is 17.0. The largest absolute Gasteiger partial charge is 0.351 e. The van der Waals surface area contributed by atoms with Crippen molar-refractivity contribution < 1.29 is 9.18 Å². The summed E-state index contributed by atoms with van der Waals surface area (Å²) >= 11 is 0. The van der Waals surface area contributed by atoms with Crippen LogP contribution < -0.4 is 5.32 Å². The number of rotatable bonds is 10. The second-order valence-corrected chi connectivity index (χ2v) is 6.96. The van der Waals surface area contributed by atoms with Gasteiger partial charge >= 0.3 is 0 Å². The van der Waals surface area contributed by atoms with E-state index in [0.717, 1.165) is 32.5 Å². The van der Waals surface area contributed by atoms with Crippen LogP contribution in [0.4, 0.5) is 4.39 Å². The molecule has 0 saturated carbocycles. The molecular formula is C22H28FN5O. The number of benzene rings is 1. The van der Waals surface area contributed by atoms with Crippen LogP contribution in [0.1, 0.15) is 37.0 Å². The Morgan fingerprint density at radius 2 is 1.83 bits per heavy atom. The third kappa shape index (κ3) is 5.12. The van der Waals surface area contributed by atoms with Crippen molar-refractivity contribution >= 4 is 5.91 Å². The molecule has 3 aromatic rings. The van der Waals surface area contributed by atoms with Gasteiger partial charge in [-0.25, -0.2) is 9.07 Å². The van der Waals surface area contributed by atoms with E-state index in [1.165, 1.54) is 18.3 Å². The third-order valence-corrected chi connectivity index (χ3v) is 4.68. The second-order valence-electron chi connectivity index (χ2n) is 6.96. The van der Waals surface area contributed by atoms with Gasteiger partial charge in [0, 0.05) is 25.5 Å². The maximum atomic E-state index is 13.7. The van der Waals surface area contributed by atoms with Crippen LogP contribution >= 0.6 is 0 Å². The van der Waals surface area contributed by atoms with Gasteiger partial charge in [-0.3, -0.25) is 4.79 Å². The molecule has 0 radical (unpaired) electrons. The highest BCUT2D eigenvalue weighted by Gasteiger charge is 2.20. The number of nitrogens with zero attached hydrogens (tertiary/aromatic N) is 4. The number of carbonyl (C=O) groups excluding carboxylic acids is 1. The van der Waals surface area contributed by atoms with Crippen LogP contribution in [0.3, 0.4) is 0 Å². The topological polar surface area (TPSA) is 55.1 Å². The number of nitrogens with one attached hydrogen (secondary N) is 1. The molecule has 3 rings (SSSR count). The van der Waals surface area contributed by atoms with E-state index in [4.69, 9.17) is 0 Å². The van der Waals surface area contributed by atoms with Crippen molar-refractivity contribution in [3.8, 4) is 11.5 Å². The molecule has 1 N–H and O–H groups in total. The molecule has 0 aliphatic heterocycles. The minimum Gasteiger partial charge on any atom is -0.351 e. The fraction of sp³-hybridized carbons (Fsp3) is 0.364. The summed E-state index contributed by atoms with van der Waals surface area (Å²) in [4.78, 5) is 15.2. The Kier molecular flexibility index (Phi) is 7.19. The number of aromatic nitrogens is 3. The molecule has 0 bridgehead atoms. The smallest absolute Gasteiger partial charge is 0.256 e. The molecule has 0 atom stereocenters. The Morgan fingerprint density at radius 1 is 1.10 bits per heavy atom. The highest BCUT2D eigenvalue weighted by molar-refractivity contribution is 5.97. The minimum absolute atomic E-state index is 0.190. The van der Waals surface area contributed by atoms with Crippen molar-refractivity contribution in [2.45, 2.75) is 26.7 Å². The van der Waals surface area contributed by atoms with Crippen LogP contribution in [0.5, 0.6) is 0 Å². The number of carbonyl (C=O) groups is 1. The lowest BCUT2D eigenvalue weighted by Gasteiger charge is -2.21. The molecule has 6 nitrogen and oxygen atoms in total. The Hall–Kier alpha value is -2.93. The van der Waals surface area contributed by atoms with Crippen molar-refractivity contribution in [1.82, 2.24) is 24.6 Å². The predicted molar refractivity (Wildman–Crippen MR) is 112 cm³/mol. The zero-order chi connectivity index (χ0) is 20.6. The van der Waals surface area contributed by atoms with E-state index in [1.54, 1.807) is 16.8 Å². The van der Waals surface area contributed by atoms with E-state index in [9.17, 15) is 9.18 Å². The summed E-state index contributed by atoms with van der Waals surface area (Å²) < 4.78 is 17.1. The fourth-order valence-corrected chi connectivity index (χ4v) is 3.41. The fourth-order valence-electron chi connectivity index (χ4n) is 3.41. The molecule has 29 heavy (non-hydrogen) atoms. The molecule has 154 valence electrons. The van der Waals surface area contributed by atoms with Gasteiger partial charge in [-0.05, 0) is 56.3 Å². The van der Waals surface area contributed by atoms with Crippen LogP contribution in [0.25, 0.3) is 11.5 Å². The van der Waals surface area contributed by atoms with Gasteiger partial charge in [0.15, 0.2) is 5.82 Å². The number of halogens is 1. The van der Waals surface area contributed by atoms with E-state index in [-0.39, 0.29) is 11.7 Å². The van der Waals surface area contributed by atoms with Crippen LogP contribution in [0.15, 0.2) is 55.0 Å². The molecule has 0 aliphatic carbocycles. The first-order valence-electron chi connectivity index (χ1n) is 10.1. The molecule has 1 amide bonds. The molecule has 1 aromatic carbocycles. The molecule has 0 unspecified atom stereocenters. The summed E-state index contributed by atoms with van der Waals surface area (Å²) in [7, 11) is 0. The van der Waals surface area contributed by atoms with E-state index < -0.39 is 0 Å². The van der Waals surface area contributed by atoms with Gasteiger partial charge in [0.2, 0.25) is 0 Å². The standard InChI is InChI=1S/C22H28FN5O/c1-3-11-26(12-4-2)15-10-24-21(29)20-17-25-28(19-9-7-8-18(23)16-19)22(20)27-13-5-6-14-27/h5-9,13-14,16-17H,3-4,10-12,15H2,1-2H3,(H,24,29). The Bertz CT molecular complexity index is 913. The monoisotopic (exact) mass is 397 g/mol. The summed E-state index contributed by atoms with van der Waals surface area (Å²) in [6.07, 6.45) is 7.39. The van der Waals surface area contributed by atoms with Gasteiger partial charge in [-0.15, -0.1) is 0 Å². The Morgan fingerprint density at radius 3 is 2.48 bits per heavy atom. The first-order chi connectivity index (χ1) is 14.1. The lowest BCUT2D eigenvalue weighted by Crippen LogP contribution is -2.36. The third-order valence-electron chi connectivity index (χ3n) is 4.68. The number of amides is 1. The Labute approximate surface area is 170 Å². The normalized spacial score (nSPS) is 11.2. The molecule has 0 fully saturated rings. The van der Waals surface area contributed by atoms with Crippen LogP contribution in [0, 0.1) is 5.82 Å². The first-order valence-corrected chi connectivity index (χ1v) is 10.1. The van der Waals surface area contributed by atoms with Crippen molar-refractivity contribution in [1.29, 1.82) is 0 Å². The van der Waals surface area contributed by atoms with Gasteiger partial charge in [-0.1, -0.05) is 19.9 Å². The number of hydrogen-bond donors (Lipinski definition) is 1. The van der Waals surface area contributed by atoms with Crippen LogP contribution in [-0.4, -0.2) is 51.3 Å². The average Bonchev–Trinajstić information content (AvgIpc) is 3.37. The van der Waals surface area contributed by atoms with E-state index in [1.807, 2.05) is 29.1 Å². The van der Waals surface area contributed by atoms with Crippen LogP contribution in [-0.2, 0) is 0 Å². The van der Waals surface area contributed by atoms with Crippen molar-refractivity contribution in [3.63, 3.8) is 0 Å².